The molecule has 1 nitrogen and oxygen atoms in total. The van der Waals surface area contributed by atoms with Crippen molar-refractivity contribution in [1.82, 2.24) is 0 Å². The molecule has 0 bridgehead atoms. The van der Waals surface area contributed by atoms with Gasteiger partial charge in [-0.1, -0.05) is 297 Å². The first-order valence-electron chi connectivity index (χ1n) is 28.3. The zero-order chi connectivity index (χ0) is 42.2. The molecule has 1 heteroatoms. The van der Waals surface area contributed by atoms with Crippen molar-refractivity contribution >= 4 is 0 Å². The van der Waals surface area contributed by atoms with Gasteiger partial charge in [0.1, 0.15) is 6.54 Å². The molecule has 0 saturated carbocycles. The molecule has 1 heterocycles. The van der Waals surface area contributed by atoms with Crippen molar-refractivity contribution in [3.8, 4) is 0 Å². The van der Waals surface area contributed by atoms with Gasteiger partial charge in [0, 0.05) is 18.1 Å². The highest BCUT2D eigenvalue weighted by Gasteiger charge is 2.10. The Kier molecular flexibility index (Phi) is 45.9. The van der Waals surface area contributed by atoms with Crippen LogP contribution >= 0.6 is 0 Å². The van der Waals surface area contributed by atoms with Crippen LogP contribution in [0.5, 0.6) is 0 Å². The molecule has 0 fully saturated rings. The molecule has 0 aliphatic heterocycles. The molecule has 0 saturated heterocycles. The Bertz CT molecular complexity index is 920. The van der Waals surface area contributed by atoms with E-state index in [0.29, 0.717) is 0 Å². The molecule has 0 spiro atoms. The lowest BCUT2D eigenvalue weighted by molar-refractivity contribution is -0.697. The number of aromatic nitrogens is 1. The first-order valence-corrected chi connectivity index (χ1v) is 28.3. The van der Waals surface area contributed by atoms with Crippen molar-refractivity contribution in [2.75, 3.05) is 0 Å². The maximum atomic E-state index is 2.58. The molecule has 59 heavy (non-hydrogen) atoms. The molecule has 1 aromatic heterocycles. The van der Waals surface area contributed by atoms with Gasteiger partial charge in [0.25, 0.3) is 0 Å². The quantitative estimate of drug-likeness (QED) is 0.0455. The number of nitrogens with zero attached hydrogens (tertiary/aromatic N) is 1. The second-order valence-corrected chi connectivity index (χ2v) is 19.8. The van der Waals surface area contributed by atoms with E-state index in [1.54, 1.807) is 11.1 Å². The lowest BCUT2D eigenvalue weighted by atomic mass is 9.97. The smallest absolute Gasteiger partial charge is 0.172 e. The van der Waals surface area contributed by atoms with Gasteiger partial charge in [0.15, 0.2) is 12.4 Å². The van der Waals surface area contributed by atoms with E-state index >= 15 is 0 Å². The summed E-state index contributed by atoms with van der Waals surface area (Å²) in [5, 5.41) is 0. The molecule has 0 N–H and O–H groups in total. The molecule has 0 aromatic carbocycles. The second-order valence-electron chi connectivity index (χ2n) is 19.8. The maximum absolute atomic E-state index is 2.58. The average Bonchev–Trinajstić information content (AvgIpc) is 3.25. The minimum atomic E-state index is 1.21. The van der Waals surface area contributed by atoms with E-state index in [1.807, 2.05) is 0 Å². The van der Waals surface area contributed by atoms with E-state index in [-0.39, 0.29) is 0 Å². The fraction of sp³-hybridized carbons (Fsp3) is 0.914. The predicted octanol–water partition coefficient (Wildman–Crippen LogP) is 20.5. The SMILES string of the molecule is CCCCCCCCCCCCCCCCCCC[n+]1ccc(CCCCCCCCCCCCCCCCC)c(CCCCCCCCCCCCCCCCC)c1. The average molecular weight is 824 g/mol. The second kappa shape index (κ2) is 48.2. The van der Waals surface area contributed by atoms with Crippen LogP contribution in [0.4, 0.5) is 0 Å². The number of hydrogen-bond acceptors (Lipinski definition) is 0. The molecule has 1 aromatic rings. The lowest BCUT2D eigenvalue weighted by Gasteiger charge is -2.10. The highest BCUT2D eigenvalue weighted by Crippen LogP contribution is 2.19. The van der Waals surface area contributed by atoms with Crippen LogP contribution in [-0.4, -0.2) is 0 Å². The van der Waals surface area contributed by atoms with Crippen molar-refractivity contribution in [1.29, 1.82) is 0 Å². The van der Waals surface area contributed by atoms with E-state index in [9.17, 15) is 0 Å². The summed E-state index contributed by atoms with van der Waals surface area (Å²) in [4.78, 5) is 0. The Hall–Kier alpha value is -0.850. The minimum Gasteiger partial charge on any atom is -0.205 e. The van der Waals surface area contributed by atoms with Gasteiger partial charge in [0.2, 0.25) is 0 Å². The Morgan fingerprint density at radius 3 is 0.746 bits per heavy atom. The Labute approximate surface area is 374 Å². The lowest BCUT2D eigenvalue weighted by Crippen LogP contribution is -2.34. The van der Waals surface area contributed by atoms with Crippen molar-refractivity contribution in [2.45, 2.75) is 342 Å². The number of aryl methyl sites for hydroxylation is 3. The Morgan fingerprint density at radius 2 is 0.475 bits per heavy atom. The molecule has 0 amide bonds. The Morgan fingerprint density at radius 1 is 0.254 bits per heavy atom. The monoisotopic (exact) mass is 823 g/mol. The van der Waals surface area contributed by atoms with Crippen LogP contribution in [0.25, 0.3) is 0 Å². The van der Waals surface area contributed by atoms with Crippen LogP contribution in [0.2, 0.25) is 0 Å². The van der Waals surface area contributed by atoms with Gasteiger partial charge in [-0.2, -0.15) is 0 Å². The first kappa shape index (κ1) is 56.2. The molecular formula is C58H112N+. The third-order valence-corrected chi connectivity index (χ3v) is 13.8. The third-order valence-electron chi connectivity index (χ3n) is 13.8. The highest BCUT2D eigenvalue weighted by atomic mass is 14.9. The van der Waals surface area contributed by atoms with E-state index in [4.69, 9.17) is 0 Å². The van der Waals surface area contributed by atoms with Gasteiger partial charge >= 0.3 is 0 Å². The molecule has 1 rings (SSSR count). The topological polar surface area (TPSA) is 3.88 Å². The maximum Gasteiger partial charge on any atom is 0.172 e. The zero-order valence-corrected chi connectivity index (χ0v) is 41.5. The van der Waals surface area contributed by atoms with Gasteiger partial charge < -0.3 is 0 Å². The standard InChI is InChI=1S/C58H112N/c1-4-7-10-13-16-19-22-25-28-29-32-35-38-41-44-47-50-54-59-55-53-57(51-48-45-42-39-36-33-30-26-23-20-17-14-11-8-5-2)58(56-59)52-49-46-43-40-37-34-31-27-24-21-18-15-12-9-6-3/h53,55-56H,4-52,54H2,1-3H3/q+1. The zero-order valence-electron chi connectivity index (χ0n) is 41.5. The predicted molar refractivity (Wildman–Crippen MR) is 268 cm³/mol. The number of rotatable bonds is 50. The number of unbranched alkanes of at least 4 members (excludes halogenated alkanes) is 44. The summed E-state index contributed by atoms with van der Waals surface area (Å²) in [6, 6.07) is 2.53. The van der Waals surface area contributed by atoms with Gasteiger partial charge in [-0.3, -0.25) is 0 Å². The number of pyridine rings is 1. The van der Waals surface area contributed by atoms with E-state index in [2.05, 4.69) is 43.8 Å². The van der Waals surface area contributed by atoms with E-state index < -0.39 is 0 Å². The van der Waals surface area contributed by atoms with Crippen LogP contribution in [-0.2, 0) is 19.4 Å². The van der Waals surface area contributed by atoms with E-state index in [0.717, 1.165) is 0 Å². The van der Waals surface area contributed by atoms with Crippen molar-refractivity contribution in [3.05, 3.63) is 29.6 Å². The first-order chi connectivity index (χ1) is 29.3. The van der Waals surface area contributed by atoms with Crippen LogP contribution in [0, 0.1) is 0 Å². The molecule has 0 unspecified atom stereocenters. The van der Waals surface area contributed by atoms with Crippen LogP contribution in [0.15, 0.2) is 18.5 Å². The summed E-state index contributed by atoms with van der Waals surface area (Å²) in [5.74, 6) is 0. The van der Waals surface area contributed by atoms with Crippen LogP contribution in [0.3, 0.4) is 0 Å². The molecule has 0 aliphatic carbocycles. The molecule has 348 valence electrons. The van der Waals surface area contributed by atoms with Crippen molar-refractivity contribution in [2.24, 2.45) is 0 Å². The molecule has 0 atom stereocenters. The Balaban J connectivity index is 2.26. The minimum absolute atomic E-state index is 1.21. The summed E-state index contributed by atoms with van der Waals surface area (Å²) in [6.45, 7) is 8.16. The van der Waals surface area contributed by atoms with E-state index in [1.165, 1.54) is 321 Å². The third kappa shape index (κ3) is 41.0. The summed E-state index contributed by atoms with van der Waals surface area (Å²) in [6.07, 6.45) is 75.7. The van der Waals surface area contributed by atoms with Crippen LogP contribution < -0.4 is 4.57 Å². The normalized spacial score (nSPS) is 11.6. The summed E-state index contributed by atoms with van der Waals surface area (Å²) in [7, 11) is 0. The van der Waals surface area contributed by atoms with Gasteiger partial charge in [-0.25, -0.2) is 4.57 Å². The largest absolute Gasteiger partial charge is 0.205 e. The molecule has 0 aliphatic rings. The highest BCUT2D eigenvalue weighted by molar-refractivity contribution is 5.21. The fourth-order valence-electron chi connectivity index (χ4n) is 9.62. The summed E-state index contributed by atoms with van der Waals surface area (Å²) in [5.41, 5.74) is 3.35. The summed E-state index contributed by atoms with van der Waals surface area (Å²) < 4.78 is 2.56. The van der Waals surface area contributed by atoms with Crippen LogP contribution in [0.1, 0.15) is 334 Å². The number of hydrogen-bond donors (Lipinski definition) is 0. The van der Waals surface area contributed by atoms with Gasteiger partial charge in [0.05, 0.1) is 0 Å². The molecule has 0 radical (unpaired) electrons. The van der Waals surface area contributed by atoms with Crippen molar-refractivity contribution < 1.29 is 4.57 Å². The fourth-order valence-corrected chi connectivity index (χ4v) is 9.62. The molecular weight excluding hydrogens is 711 g/mol. The van der Waals surface area contributed by atoms with Crippen molar-refractivity contribution in [3.63, 3.8) is 0 Å². The van der Waals surface area contributed by atoms with Gasteiger partial charge in [-0.15, -0.1) is 0 Å². The van der Waals surface area contributed by atoms with Gasteiger partial charge in [-0.05, 0) is 37.7 Å². The summed E-state index contributed by atoms with van der Waals surface area (Å²) >= 11 is 0.